The summed E-state index contributed by atoms with van der Waals surface area (Å²) in [5, 5.41) is 0. The molecule has 4 nitrogen and oxygen atoms in total. The van der Waals surface area contributed by atoms with Gasteiger partial charge >= 0.3 is 6.09 Å². The Labute approximate surface area is 104 Å². The van der Waals surface area contributed by atoms with Gasteiger partial charge in [-0.2, -0.15) is 8.78 Å². The summed E-state index contributed by atoms with van der Waals surface area (Å²) < 4.78 is 30.4. The fourth-order valence-corrected chi connectivity index (χ4v) is 2.43. The lowest BCUT2D eigenvalue weighted by atomic mass is 10.1. The first-order valence-corrected chi connectivity index (χ1v) is 5.81. The zero-order valence-corrected chi connectivity index (χ0v) is 10.5. The van der Waals surface area contributed by atoms with Gasteiger partial charge in [-0.25, -0.2) is 9.69 Å². The number of halogens is 2. The molecular formula is C12H15F2NO3. The monoisotopic (exact) mass is 259 g/mol. The summed E-state index contributed by atoms with van der Waals surface area (Å²) in [5.41, 5.74) is -0.859. The molecular weight excluding hydrogens is 244 g/mol. The number of carbonyl (C=O) groups excluding carboxylic acids is 2. The predicted molar refractivity (Wildman–Crippen MR) is 58.8 cm³/mol. The molecule has 6 heteroatoms. The highest BCUT2D eigenvalue weighted by Crippen LogP contribution is 2.44. The van der Waals surface area contributed by atoms with E-state index in [4.69, 9.17) is 4.74 Å². The quantitative estimate of drug-likeness (QED) is 0.672. The Hall–Kier alpha value is -1.46. The van der Waals surface area contributed by atoms with Gasteiger partial charge in [0.25, 0.3) is 6.08 Å². The third-order valence-electron chi connectivity index (χ3n) is 3.11. The molecule has 0 aromatic rings. The van der Waals surface area contributed by atoms with E-state index in [1.807, 2.05) is 0 Å². The zero-order valence-electron chi connectivity index (χ0n) is 10.5. The third kappa shape index (κ3) is 2.11. The molecule has 1 saturated carbocycles. The number of fused-ring (bicyclic) bond motifs is 2. The van der Waals surface area contributed by atoms with Gasteiger partial charge in [-0.05, 0) is 33.6 Å². The summed E-state index contributed by atoms with van der Waals surface area (Å²) in [6, 6.07) is -0.817. The normalized spacial score (nSPS) is 26.8. The number of imide groups is 1. The summed E-state index contributed by atoms with van der Waals surface area (Å²) in [4.78, 5) is 24.5. The molecule has 2 amide bonds. The highest BCUT2D eigenvalue weighted by Gasteiger charge is 2.53. The number of carbonyl (C=O) groups is 2. The molecule has 0 spiro atoms. The third-order valence-corrected chi connectivity index (χ3v) is 3.11. The first-order valence-electron chi connectivity index (χ1n) is 5.81. The number of rotatable bonds is 0. The molecule has 2 atom stereocenters. The van der Waals surface area contributed by atoms with Gasteiger partial charge in [0, 0.05) is 11.5 Å². The van der Waals surface area contributed by atoms with Crippen molar-refractivity contribution in [3.63, 3.8) is 0 Å². The van der Waals surface area contributed by atoms with Crippen LogP contribution in [0.5, 0.6) is 0 Å². The molecule has 1 saturated heterocycles. The smallest absolute Gasteiger partial charge is 0.417 e. The maximum Gasteiger partial charge on any atom is 0.417 e. The van der Waals surface area contributed by atoms with Crippen LogP contribution < -0.4 is 0 Å². The topological polar surface area (TPSA) is 46.6 Å². The van der Waals surface area contributed by atoms with Crippen LogP contribution in [0.4, 0.5) is 13.6 Å². The van der Waals surface area contributed by atoms with Gasteiger partial charge in [-0.15, -0.1) is 0 Å². The largest absolute Gasteiger partial charge is 0.443 e. The molecule has 0 aromatic carbocycles. The second-order valence-corrected chi connectivity index (χ2v) is 5.63. The van der Waals surface area contributed by atoms with E-state index in [1.165, 1.54) is 0 Å². The molecule has 1 aliphatic carbocycles. The van der Waals surface area contributed by atoms with Crippen molar-refractivity contribution in [1.82, 2.24) is 4.90 Å². The van der Waals surface area contributed by atoms with Crippen LogP contribution >= 0.6 is 0 Å². The Morgan fingerprint density at radius 2 is 2.00 bits per heavy atom. The van der Waals surface area contributed by atoms with E-state index in [-0.39, 0.29) is 18.4 Å². The second kappa shape index (κ2) is 4.03. The molecule has 2 fully saturated rings. The number of piperidine rings is 1. The fraction of sp³-hybridized carbons (Fsp3) is 0.667. The lowest BCUT2D eigenvalue weighted by Gasteiger charge is -2.29. The van der Waals surface area contributed by atoms with Gasteiger partial charge in [0.1, 0.15) is 5.60 Å². The van der Waals surface area contributed by atoms with Crippen LogP contribution in [-0.2, 0) is 9.53 Å². The summed E-state index contributed by atoms with van der Waals surface area (Å²) in [5.74, 6) is -0.904. The van der Waals surface area contributed by atoms with Crippen molar-refractivity contribution < 1.29 is 23.1 Å². The van der Waals surface area contributed by atoms with Gasteiger partial charge in [0.05, 0.1) is 6.04 Å². The highest BCUT2D eigenvalue weighted by molar-refractivity contribution is 5.97. The molecule has 0 N–H and O–H groups in total. The molecule has 2 rings (SSSR count). The van der Waals surface area contributed by atoms with E-state index in [0.717, 1.165) is 4.90 Å². The Morgan fingerprint density at radius 1 is 1.39 bits per heavy atom. The van der Waals surface area contributed by atoms with Crippen LogP contribution in [0.25, 0.3) is 0 Å². The minimum absolute atomic E-state index is 0.0606. The fourth-order valence-electron chi connectivity index (χ4n) is 2.43. The van der Waals surface area contributed by atoms with Gasteiger partial charge in [0.2, 0.25) is 5.91 Å². The molecule has 2 aliphatic rings. The van der Waals surface area contributed by atoms with E-state index < -0.39 is 35.6 Å². The number of ether oxygens (including phenoxy) is 1. The summed E-state index contributed by atoms with van der Waals surface area (Å²) in [7, 11) is 0. The molecule has 1 aliphatic heterocycles. The Kier molecular flexibility index (Phi) is 2.91. The molecule has 18 heavy (non-hydrogen) atoms. The van der Waals surface area contributed by atoms with E-state index in [1.54, 1.807) is 20.8 Å². The first kappa shape index (κ1) is 13.0. The van der Waals surface area contributed by atoms with Crippen LogP contribution in [0.3, 0.4) is 0 Å². The van der Waals surface area contributed by atoms with Gasteiger partial charge in [-0.3, -0.25) is 4.79 Å². The van der Waals surface area contributed by atoms with Crippen LogP contribution in [0.15, 0.2) is 11.7 Å². The van der Waals surface area contributed by atoms with E-state index in [9.17, 15) is 18.4 Å². The maximum atomic E-state index is 12.7. The standard InChI is InChI=1S/C12H15F2NO3/c1-12(2,3)18-11(17)15-8-5-6(10(15)16)4-7(8)9(13)14/h6,8H,4-5H2,1-3H3/t6-,8-/m0/s1. The molecule has 100 valence electrons. The lowest BCUT2D eigenvalue weighted by molar-refractivity contribution is -0.132. The highest BCUT2D eigenvalue weighted by atomic mass is 19.3. The predicted octanol–water partition coefficient (Wildman–Crippen LogP) is 2.69. The van der Waals surface area contributed by atoms with Crippen molar-refractivity contribution in [2.45, 2.75) is 45.3 Å². The van der Waals surface area contributed by atoms with Crippen molar-refractivity contribution in [3.05, 3.63) is 11.7 Å². The van der Waals surface area contributed by atoms with Gasteiger partial charge < -0.3 is 4.74 Å². The molecule has 0 unspecified atom stereocenters. The van der Waals surface area contributed by atoms with E-state index >= 15 is 0 Å². The van der Waals surface area contributed by atoms with Crippen LogP contribution in [0, 0.1) is 5.92 Å². The summed E-state index contributed by atoms with van der Waals surface area (Å²) in [6.45, 7) is 4.99. The minimum atomic E-state index is -1.79. The Morgan fingerprint density at radius 3 is 2.44 bits per heavy atom. The molecule has 0 radical (unpaired) electrons. The lowest BCUT2D eigenvalue weighted by Crippen LogP contribution is -2.45. The number of likely N-dealkylation sites (tertiary alicyclic amines) is 1. The molecule has 1 heterocycles. The molecule has 0 aromatic heterocycles. The maximum absolute atomic E-state index is 12.7. The Bertz CT molecular complexity index is 435. The van der Waals surface area contributed by atoms with Crippen molar-refractivity contribution in [2.75, 3.05) is 0 Å². The second-order valence-electron chi connectivity index (χ2n) is 5.63. The average Bonchev–Trinajstić information content (AvgIpc) is 2.71. The average molecular weight is 259 g/mol. The number of amides is 2. The minimum Gasteiger partial charge on any atom is -0.443 e. The van der Waals surface area contributed by atoms with Crippen LogP contribution in [0.1, 0.15) is 33.6 Å². The number of nitrogens with zero attached hydrogens (tertiary/aromatic N) is 1. The Balaban J connectivity index is 2.21. The SMILES string of the molecule is CC(C)(C)OC(=O)N1C(=O)[C@H]2CC(=C(F)F)[C@@H]1C2. The van der Waals surface area contributed by atoms with E-state index in [0.29, 0.717) is 0 Å². The number of hydrogen-bond donors (Lipinski definition) is 0. The van der Waals surface area contributed by atoms with Crippen LogP contribution in [0.2, 0.25) is 0 Å². The van der Waals surface area contributed by atoms with Crippen LogP contribution in [-0.4, -0.2) is 28.5 Å². The summed E-state index contributed by atoms with van der Waals surface area (Å²) in [6.07, 6.45) is -2.28. The first-order chi connectivity index (χ1) is 8.20. The zero-order chi connectivity index (χ0) is 13.7. The van der Waals surface area contributed by atoms with Gasteiger partial charge in [0.15, 0.2) is 0 Å². The molecule has 2 bridgehead atoms. The van der Waals surface area contributed by atoms with Crippen molar-refractivity contribution in [3.8, 4) is 0 Å². The van der Waals surface area contributed by atoms with E-state index in [2.05, 4.69) is 0 Å². The number of hydrogen-bond acceptors (Lipinski definition) is 3. The van der Waals surface area contributed by atoms with Crippen molar-refractivity contribution >= 4 is 12.0 Å². The van der Waals surface area contributed by atoms with Crippen molar-refractivity contribution in [1.29, 1.82) is 0 Å². The summed E-state index contributed by atoms with van der Waals surface area (Å²) >= 11 is 0. The van der Waals surface area contributed by atoms with Gasteiger partial charge in [-0.1, -0.05) is 0 Å². The van der Waals surface area contributed by atoms with Crippen molar-refractivity contribution in [2.24, 2.45) is 5.92 Å².